The third-order valence-corrected chi connectivity index (χ3v) is 3.16. The summed E-state index contributed by atoms with van der Waals surface area (Å²) < 4.78 is 5.23. The lowest BCUT2D eigenvalue weighted by Crippen LogP contribution is -2.38. The van der Waals surface area contributed by atoms with E-state index in [4.69, 9.17) is 4.74 Å². The minimum Gasteiger partial charge on any atom is -0.441 e. The lowest BCUT2D eigenvalue weighted by molar-refractivity contribution is 0.0162. The highest BCUT2D eigenvalue weighted by Crippen LogP contribution is 2.55. The number of cyclic esters (lactones) is 1. The SMILES string of the molecule is CC1(C2(C)CNC(=O)O2)CC1. The van der Waals surface area contributed by atoms with E-state index in [1.807, 2.05) is 6.92 Å². The molecule has 1 aliphatic heterocycles. The fourth-order valence-corrected chi connectivity index (χ4v) is 1.57. The van der Waals surface area contributed by atoms with Crippen LogP contribution < -0.4 is 5.32 Å². The topological polar surface area (TPSA) is 38.3 Å². The fourth-order valence-electron chi connectivity index (χ4n) is 1.57. The molecule has 1 atom stereocenters. The van der Waals surface area contributed by atoms with E-state index in [9.17, 15) is 4.79 Å². The minimum absolute atomic E-state index is 0.242. The van der Waals surface area contributed by atoms with Crippen LogP contribution in [0, 0.1) is 5.41 Å². The Kier molecular flexibility index (Phi) is 1.08. The Balaban J connectivity index is 2.17. The highest BCUT2D eigenvalue weighted by atomic mass is 16.6. The molecule has 0 spiro atoms. The van der Waals surface area contributed by atoms with Crippen molar-refractivity contribution < 1.29 is 9.53 Å². The van der Waals surface area contributed by atoms with Crippen molar-refractivity contribution >= 4 is 6.09 Å². The van der Waals surface area contributed by atoms with E-state index >= 15 is 0 Å². The summed E-state index contributed by atoms with van der Waals surface area (Å²) in [6.07, 6.45) is 2.09. The van der Waals surface area contributed by atoms with Gasteiger partial charge in [0.25, 0.3) is 0 Å². The number of ether oxygens (including phenoxy) is 1. The lowest BCUT2D eigenvalue weighted by atomic mass is 9.88. The first-order valence-corrected chi connectivity index (χ1v) is 4.03. The van der Waals surface area contributed by atoms with Crippen molar-refractivity contribution in [2.45, 2.75) is 32.3 Å². The molecular formula is C8H13NO2. The zero-order valence-electron chi connectivity index (χ0n) is 6.94. The summed E-state index contributed by atoms with van der Waals surface area (Å²) >= 11 is 0. The van der Waals surface area contributed by atoms with Crippen molar-refractivity contribution in [2.24, 2.45) is 5.41 Å². The maximum absolute atomic E-state index is 10.8. The molecule has 3 nitrogen and oxygen atoms in total. The predicted molar refractivity (Wildman–Crippen MR) is 40.2 cm³/mol. The molecule has 2 rings (SSSR count). The number of hydrogen-bond donors (Lipinski definition) is 1. The standard InChI is InChI=1S/C8H13NO2/c1-7(3-4-7)8(2)5-9-6(10)11-8/h3-5H2,1-2H3,(H,9,10). The summed E-state index contributed by atoms with van der Waals surface area (Å²) in [7, 11) is 0. The first-order valence-electron chi connectivity index (χ1n) is 4.03. The van der Waals surface area contributed by atoms with E-state index < -0.39 is 0 Å². The van der Waals surface area contributed by atoms with Gasteiger partial charge in [0.2, 0.25) is 0 Å². The number of amides is 1. The molecule has 0 bridgehead atoms. The van der Waals surface area contributed by atoms with Gasteiger partial charge in [0.15, 0.2) is 0 Å². The van der Waals surface area contributed by atoms with Crippen molar-refractivity contribution in [1.82, 2.24) is 5.32 Å². The molecule has 1 heterocycles. The summed E-state index contributed by atoms with van der Waals surface area (Å²) in [5.74, 6) is 0. The summed E-state index contributed by atoms with van der Waals surface area (Å²) in [6, 6.07) is 0. The Bertz CT molecular complexity index is 210. The first-order chi connectivity index (χ1) is 5.06. The smallest absolute Gasteiger partial charge is 0.407 e. The second kappa shape index (κ2) is 1.71. The van der Waals surface area contributed by atoms with Gasteiger partial charge in [-0.05, 0) is 19.8 Å². The van der Waals surface area contributed by atoms with Crippen LogP contribution in [0.5, 0.6) is 0 Å². The summed E-state index contributed by atoms with van der Waals surface area (Å²) in [6.45, 7) is 4.85. The molecule has 1 N–H and O–H groups in total. The van der Waals surface area contributed by atoms with Crippen molar-refractivity contribution in [2.75, 3.05) is 6.54 Å². The molecule has 1 saturated heterocycles. The summed E-state index contributed by atoms with van der Waals surface area (Å²) in [4.78, 5) is 10.8. The van der Waals surface area contributed by atoms with Crippen LogP contribution >= 0.6 is 0 Å². The van der Waals surface area contributed by atoms with Gasteiger partial charge in [-0.2, -0.15) is 0 Å². The van der Waals surface area contributed by atoms with Gasteiger partial charge in [0, 0.05) is 5.41 Å². The molecule has 2 fully saturated rings. The minimum atomic E-state index is -0.263. The zero-order chi connectivity index (χ0) is 8.11. The summed E-state index contributed by atoms with van der Waals surface area (Å²) in [5, 5.41) is 2.70. The van der Waals surface area contributed by atoms with Gasteiger partial charge in [-0.15, -0.1) is 0 Å². The Labute approximate surface area is 66.1 Å². The normalized spacial score (nSPS) is 39.6. The third-order valence-electron chi connectivity index (χ3n) is 3.16. The maximum Gasteiger partial charge on any atom is 0.407 e. The fraction of sp³-hybridized carbons (Fsp3) is 0.875. The molecule has 0 aromatic heterocycles. The molecule has 0 aromatic rings. The Hall–Kier alpha value is -0.730. The number of alkyl carbamates (subject to hydrolysis) is 1. The molecule has 62 valence electrons. The number of hydrogen-bond acceptors (Lipinski definition) is 2. The molecule has 1 amide bonds. The van der Waals surface area contributed by atoms with Gasteiger partial charge in [0.1, 0.15) is 5.60 Å². The number of carbonyl (C=O) groups excluding carboxylic acids is 1. The van der Waals surface area contributed by atoms with Crippen molar-refractivity contribution in [3.8, 4) is 0 Å². The van der Waals surface area contributed by atoms with E-state index in [0.29, 0.717) is 6.54 Å². The van der Waals surface area contributed by atoms with Crippen LogP contribution in [0.15, 0.2) is 0 Å². The maximum atomic E-state index is 10.8. The van der Waals surface area contributed by atoms with Gasteiger partial charge in [-0.25, -0.2) is 4.79 Å². The van der Waals surface area contributed by atoms with E-state index in [2.05, 4.69) is 12.2 Å². The number of rotatable bonds is 1. The van der Waals surface area contributed by atoms with Crippen LogP contribution in [0.2, 0.25) is 0 Å². The number of nitrogens with one attached hydrogen (secondary N) is 1. The van der Waals surface area contributed by atoms with Gasteiger partial charge in [-0.3, -0.25) is 0 Å². The lowest BCUT2D eigenvalue weighted by Gasteiger charge is -2.28. The largest absolute Gasteiger partial charge is 0.441 e. The van der Waals surface area contributed by atoms with Crippen LogP contribution in [0.4, 0.5) is 4.79 Å². The first kappa shape index (κ1) is 6.95. The third kappa shape index (κ3) is 0.832. The van der Waals surface area contributed by atoms with Gasteiger partial charge < -0.3 is 10.1 Å². The van der Waals surface area contributed by atoms with Gasteiger partial charge in [0.05, 0.1) is 6.54 Å². The van der Waals surface area contributed by atoms with Gasteiger partial charge >= 0.3 is 6.09 Å². The molecular weight excluding hydrogens is 142 g/mol. The summed E-state index contributed by atoms with van der Waals surface area (Å²) in [5.41, 5.74) is -0.00373. The highest BCUT2D eigenvalue weighted by molar-refractivity contribution is 5.70. The van der Waals surface area contributed by atoms with Crippen LogP contribution in [0.25, 0.3) is 0 Å². The quantitative estimate of drug-likeness (QED) is 0.619. The average molecular weight is 155 g/mol. The van der Waals surface area contributed by atoms with Crippen molar-refractivity contribution in [1.29, 1.82) is 0 Å². The van der Waals surface area contributed by atoms with Crippen LogP contribution in [-0.4, -0.2) is 18.2 Å². The molecule has 0 aromatic carbocycles. The van der Waals surface area contributed by atoms with E-state index in [1.54, 1.807) is 0 Å². The molecule has 3 heteroatoms. The molecule has 11 heavy (non-hydrogen) atoms. The number of carbonyl (C=O) groups is 1. The second-order valence-corrected chi connectivity index (χ2v) is 4.03. The monoisotopic (exact) mass is 155 g/mol. The molecule has 1 unspecified atom stereocenters. The Morgan fingerprint density at radius 3 is 2.45 bits per heavy atom. The van der Waals surface area contributed by atoms with Crippen molar-refractivity contribution in [3.63, 3.8) is 0 Å². The predicted octanol–water partition coefficient (Wildman–Crippen LogP) is 1.29. The van der Waals surface area contributed by atoms with E-state index in [1.165, 1.54) is 12.8 Å². The average Bonchev–Trinajstić information content (AvgIpc) is 2.57. The molecule has 0 radical (unpaired) electrons. The van der Waals surface area contributed by atoms with Gasteiger partial charge in [-0.1, -0.05) is 6.92 Å². The van der Waals surface area contributed by atoms with Crippen LogP contribution in [0.1, 0.15) is 26.7 Å². The van der Waals surface area contributed by atoms with Crippen LogP contribution in [-0.2, 0) is 4.74 Å². The van der Waals surface area contributed by atoms with E-state index in [0.717, 1.165) is 0 Å². The van der Waals surface area contributed by atoms with Crippen molar-refractivity contribution in [3.05, 3.63) is 0 Å². The molecule has 1 saturated carbocycles. The molecule has 2 aliphatic rings. The Morgan fingerprint density at radius 2 is 2.09 bits per heavy atom. The molecule has 1 aliphatic carbocycles. The van der Waals surface area contributed by atoms with E-state index in [-0.39, 0.29) is 17.1 Å². The zero-order valence-corrected chi connectivity index (χ0v) is 6.94. The highest BCUT2D eigenvalue weighted by Gasteiger charge is 2.58. The van der Waals surface area contributed by atoms with Crippen LogP contribution in [0.3, 0.4) is 0 Å². The Morgan fingerprint density at radius 1 is 1.45 bits per heavy atom. The second-order valence-electron chi connectivity index (χ2n) is 4.03.